The minimum absolute atomic E-state index is 0.0481. The predicted octanol–water partition coefficient (Wildman–Crippen LogP) is 3.51. The average Bonchev–Trinajstić information content (AvgIpc) is 3.19. The molecule has 0 aliphatic carbocycles. The van der Waals surface area contributed by atoms with Crippen molar-refractivity contribution in [3.63, 3.8) is 0 Å². The van der Waals surface area contributed by atoms with Gasteiger partial charge < -0.3 is 10.3 Å². The zero-order valence-electron chi connectivity index (χ0n) is 15.1. The molecule has 0 saturated carbocycles. The number of hydrogen-bond acceptors (Lipinski definition) is 2. The number of amides is 1. The molecule has 2 unspecified atom stereocenters. The molecule has 0 spiro atoms. The third kappa shape index (κ3) is 3.07. The highest BCUT2D eigenvalue weighted by atomic mass is 32.2. The van der Waals surface area contributed by atoms with Gasteiger partial charge in [-0.1, -0.05) is 6.07 Å². The van der Waals surface area contributed by atoms with E-state index >= 15 is 0 Å². The topological polar surface area (TPSA) is 65.2 Å². The van der Waals surface area contributed by atoms with Gasteiger partial charge in [-0.25, -0.2) is 12.9 Å². The second kappa shape index (κ2) is 6.90. The molecule has 140 valence electrons. The van der Waals surface area contributed by atoms with Crippen molar-refractivity contribution in [2.24, 2.45) is 0 Å². The quantitative estimate of drug-likeness (QED) is 0.722. The van der Waals surface area contributed by atoms with Crippen LogP contribution in [0.2, 0.25) is 0 Å². The lowest BCUT2D eigenvalue weighted by atomic mass is 9.99. The molecule has 2 aromatic carbocycles. The molecule has 1 aromatic heterocycles. The fraction of sp³-hybridized carbons (Fsp3) is 0.250. The molecule has 3 aromatic rings. The smallest absolute Gasteiger partial charge is 0.221 e. The van der Waals surface area contributed by atoms with Crippen LogP contribution in [0.15, 0.2) is 47.5 Å². The normalized spacial score (nSPS) is 19.4. The number of aromatic amines is 1. The molecule has 5 nitrogen and oxygen atoms in total. The van der Waals surface area contributed by atoms with Gasteiger partial charge in [-0.05, 0) is 48.4 Å². The molecule has 0 bridgehead atoms. The number of rotatable bonds is 4. The highest BCUT2D eigenvalue weighted by Gasteiger charge is 2.34. The molecule has 1 aliphatic heterocycles. The predicted molar refractivity (Wildman–Crippen MR) is 104 cm³/mol. The molecule has 2 N–H and O–H groups in total. The molecule has 4 rings (SSSR count). The summed E-state index contributed by atoms with van der Waals surface area (Å²) in [5.74, 6) is -0.345. The van der Waals surface area contributed by atoms with Crippen LogP contribution in [0.1, 0.15) is 24.9 Å². The monoisotopic (exact) mass is 385 g/mol. The standard InChI is InChI=1S/C20H20FN3O2S/c1-12-16-9-13(17-11-23-18-10-14(21)4-5-15(17)18)3-6-19(16)27(26)24(12)8-7-20(25)22-2/h3-6,9-12,23H,7-8H2,1-2H3,(H,22,25). The summed E-state index contributed by atoms with van der Waals surface area (Å²) in [4.78, 5) is 15.4. The second-order valence-corrected chi connectivity index (χ2v) is 8.04. The minimum atomic E-state index is -1.27. The first kappa shape index (κ1) is 17.9. The highest BCUT2D eigenvalue weighted by Crippen LogP contribution is 2.40. The van der Waals surface area contributed by atoms with Gasteiger partial charge in [0.15, 0.2) is 0 Å². The van der Waals surface area contributed by atoms with Crippen LogP contribution >= 0.6 is 0 Å². The second-order valence-electron chi connectivity index (χ2n) is 6.63. The number of fused-ring (bicyclic) bond motifs is 2. The molecule has 2 heterocycles. The minimum Gasteiger partial charge on any atom is -0.360 e. The summed E-state index contributed by atoms with van der Waals surface area (Å²) >= 11 is 0. The van der Waals surface area contributed by atoms with E-state index in [0.717, 1.165) is 32.5 Å². The van der Waals surface area contributed by atoms with E-state index in [1.807, 2.05) is 35.6 Å². The Hall–Kier alpha value is -2.51. The van der Waals surface area contributed by atoms with Crippen molar-refractivity contribution in [3.05, 3.63) is 54.0 Å². The first-order valence-corrected chi connectivity index (χ1v) is 9.90. The first-order valence-electron chi connectivity index (χ1n) is 8.79. The van der Waals surface area contributed by atoms with Gasteiger partial charge in [0, 0.05) is 48.7 Å². The van der Waals surface area contributed by atoms with Crippen LogP contribution < -0.4 is 5.32 Å². The summed E-state index contributed by atoms with van der Waals surface area (Å²) in [5, 5.41) is 3.54. The number of carbonyl (C=O) groups excluding carboxylic acids is 1. The largest absolute Gasteiger partial charge is 0.360 e. The van der Waals surface area contributed by atoms with E-state index < -0.39 is 11.0 Å². The van der Waals surface area contributed by atoms with Crippen LogP contribution in [0.4, 0.5) is 4.39 Å². The molecular weight excluding hydrogens is 365 g/mol. The summed E-state index contributed by atoms with van der Waals surface area (Å²) in [6, 6.07) is 10.5. The van der Waals surface area contributed by atoms with Crippen molar-refractivity contribution >= 4 is 27.8 Å². The Morgan fingerprint density at radius 2 is 2.11 bits per heavy atom. The number of halogens is 1. The molecule has 0 fully saturated rings. The molecule has 2 atom stereocenters. The number of nitrogens with zero attached hydrogens (tertiary/aromatic N) is 1. The van der Waals surface area contributed by atoms with Gasteiger partial charge in [0.2, 0.25) is 5.91 Å². The number of H-pyrrole nitrogens is 1. The Balaban J connectivity index is 1.68. The third-order valence-corrected chi connectivity index (χ3v) is 6.76. The SMILES string of the molecule is CNC(=O)CCN1C(C)c2cc(-c3c[nH]c4cc(F)ccc34)ccc2S1=O. The maximum absolute atomic E-state index is 13.4. The molecule has 0 radical (unpaired) electrons. The maximum atomic E-state index is 13.4. The Bertz CT molecular complexity index is 1060. The molecule has 1 aliphatic rings. The number of carbonyl (C=O) groups is 1. The summed E-state index contributed by atoms with van der Waals surface area (Å²) in [6.07, 6.45) is 2.17. The van der Waals surface area contributed by atoms with Gasteiger partial charge in [0.05, 0.1) is 4.90 Å². The molecule has 0 saturated heterocycles. The van der Waals surface area contributed by atoms with Crippen LogP contribution in [0, 0.1) is 5.82 Å². The lowest BCUT2D eigenvalue weighted by molar-refractivity contribution is -0.120. The van der Waals surface area contributed by atoms with Crippen molar-refractivity contribution in [1.29, 1.82) is 0 Å². The zero-order valence-corrected chi connectivity index (χ0v) is 15.9. The summed E-state index contributed by atoms with van der Waals surface area (Å²) < 4.78 is 28.1. The number of aromatic nitrogens is 1. The number of benzene rings is 2. The Labute approximate surface area is 159 Å². The third-order valence-electron chi connectivity index (χ3n) is 5.09. The van der Waals surface area contributed by atoms with Gasteiger partial charge in [-0.3, -0.25) is 4.79 Å². The Kier molecular flexibility index (Phi) is 4.57. The van der Waals surface area contributed by atoms with Gasteiger partial charge in [0.25, 0.3) is 0 Å². The maximum Gasteiger partial charge on any atom is 0.221 e. The molecular formula is C20H20FN3O2S. The van der Waals surface area contributed by atoms with E-state index in [9.17, 15) is 13.4 Å². The van der Waals surface area contributed by atoms with Crippen molar-refractivity contribution in [1.82, 2.24) is 14.6 Å². The van der Waals surface area contributed by atoms with Gasteiger partial charge >= 0.3 is 0 Å². The van der Waals surface area contributed by atoms with Crippen molar-refractivity contribution in [2.75, 3.05) is 13.6 Å². The van der Waals surface area contributed by atoms with E-state index in [-0.39, 0.29) is 17.8 Å². The van der Waals surface area contributed by atoms with E-state index in [0.29, 0.717) is 13.0 Å². The van der Waals surface area contributed by atoms with Crippen LogP contribution in [-0.4, -0.2) is 33.0 Å². The highest BCUT2D eigenvalue weighted by molar-refractivity contribution is 7.83. The summed E-state index contributed by atoms with van der Waals surface area (Å²) in [6.45, 7) is 2.44. The molecule has 1 amide bonds. The lowest BCUT2D eigenvalue weighted by Crippen LogP contribution is -2.29. The molecule has 7 heteroatoms. The number of hydrogen-bond donors (Lipinski definition) is 2. The van der Waals surface area contributed by atoms with Crippen LogP contribution in [0.3, 0.4) is 0 Å². The van der Waals surface area contributed by atoms with E-state index in [2.05, 4.69) is 10.3 Å². The average molecular weight is 385 g/mol. The van der Waals surface area contributed by atoms with E-state index in [1.54, 1.807) is 13.1 Å². The van der Waals surface area contributed by atoms with Gasteiger partial charge in [-0.15, -0.1) is 0 Å². The van der Waals surface area contributed by atoms with E-state index in [4.69, 9.17) is 0 Å². The van der Waals surface area contributed by atoms with Crippen LogP contribution in [0.5, 0.6) is 0 Å². The number of nitrogens with one attached hydrogen (secondary N) is 2. The first-order chi connectivity index (χ1) is 13.0. The van der Waals surface area contributed by atoms with Crippen LogP contribution in [0.25, 0.3) is 22.0 Å². The lowest BCUT2D eigenvalue weighted by Gasteiger charge is -2.19. The van der Waals surface area contributed by atoms with Crippen molar-refractivity contribution in [3.8, 4) is 11.1 Å². The fourth-order valence-electron chi connectivity index (χ4n) is 3.58. The van der Waals surface area contributed by atoms with E-state index in [1.165, 1.54) is 12.1 Å². The van der Waals surface area contributed by atoms with Gasteiger partial charge in [0.1, 0.15) is 16.8 Å². The van der Waals surface area contributed by atoms with Gasteiger partial charge in [-0.2, -0.15) is 0 Å². The van der Waals surface area contributed by atoms with Crippen LogP contribution in [-0.2, 0) is 15.8 Å². The Morgan fingerprint density at radius 1 is 1.30 bits per heavy atom. The summed E-state index contributed by atoms with van der Waals surface area (Å²) in [7, 11) is 0.325. The Morgan fingerprint density at radius 3 is 2.89 bits per heavy atom. The van der Waals surface area contributed by atoms with Crippen molar-refractivity contribution in [2.45, 2.75) is 24.3 Å². The van der Waals surface area contributed by atoms with Crippen molar-refractivity contribution < 1.29 is 13.4 Å². The fourth-order valence-corrected chi connectivity index (χ4v) is 5.10. The summed E-state index contributed by atoms with van der Waals surface area (Å²) in [5.41, 5.74) is 3.71. The molecule has 27 heavy (non-hydrogen) atoms. The zero-order chi connectivity index (χ0) is 19.1.